The summed E-state index contributed by atoms with van der Waals surface area (Å²) in [7, 11) is 3.52. The molecular weight excluding hydrogens is 306 g/mol. The van der Waals surface area contributed by atoms with Crippen LogP contribution in [0, 0.1) is 0 Å². The summed E-state index contributed by atoms with van der Waals surface area (Å²) in [5.41, 5.74) is 1.79. The van der Waals surface area contributed by atoms with E-state index in [0.29, 0.717) is 6.54 Å². The molecule has 3 rings (SSSR count). The standard InChI is InChI=1S/C18H23N3O3/c1-19-13-18(23)17(22)11-15(19)12-20-7-9-21(10-8-20)14-3-5-16(24-2)6-4-14/h3-6,11,13,23H,7-10,12H2,1-2H3. The molecule has 0 aliphatic carbocycles. The molecule has 0 atom stereocenters. The highest BCUT2D eigenvalue weighted by Gasteiger charge is 2.18. The summed E-state index contributed by atoms with van der Waals surface area (Å²) >= 11 is 0. The highest BCUT2D eigenvalue weighted by Crippen LogP contribution is 2.21. The number of aromatic nitrogens is 1. The van der Waals surface area contributed by atoms with Crippen molar-refractivity contribution in [1.82, 2.24) is 9.47 Å². The Balaban J connectivity index is 1.61. The number of aryl methyl sites for hydroxylation is 1. The SMILES string of the molecule is COc1ccc(N2CCN(Cc3cc(=O)c(O)cn3C)CC2)cc1. The van der Waals surface area contributed by atoms with E-state index in [1.807, 2.05) is 23.7 Å². The molecule has 1 aromatic carbocycles. The van der Waals surface area contributed by atoms with Gasteiger partial charge in [-0.1, -0.05) is 0 Å². The number of hydrogen-bond acceptors (Lipinski definition) is 5. The Morgan fingerprint density at radius 2 is 1.79 bits per heavy atom. The number of piperazine rings is 1. The number of anilines is 1. The molecule has 1 saturated heterocycles. The van der Waals surface area contributed by atoms with Crippen LogP contribution < -0.4 is 15.1 Å². The average Bonchev–Trinajstić information content (AvgIpc) is 2.60. The van der Waals surface area contributed by atoms with Crippen LogP contribution in [0.4, 0.5) is 5.69 Å². The van der Waals surface area contributed by atoms with Gasteiger partial charge in [-0.2, -0.15) is 0 Å². The van der Waals surface area contributed by atoms with Crippen LogP contribution in [0.1, 0.15) is 5.69 Å². The fraction of sp³-hybridized carbons (Fsp3) is 0.389. The lowest BCUT2D eigenvalue weighted by atomic mass is 10.2. The molecule has 6 heteroatoms. The smallest absolute Gasteiger partial charge is 0.223 e. The Bertz CT molecular complexity index is 747. The Labute approximate surface area is 141 Å². The van der Waals surface area contributed by atoms with Gasteiger partial charge in [-0.3, -0.25) is 9.69 Å². The summed E-state index contributed by atoms with van der Waals surface area (Å²) in [4.78, 5) is 16.3. The highest BCUT2D eigenvalue weighted by molar-refractivity contribution is 5.49. The molecule has 24 heavy (non-hydrogen) atoms. The number of benzene rings is 1. The Hall–Kier alpha value is -2.47. The zero-order valence-electron chi connectivity index (χ0n) is 14.1. The van der Waals surface area contributed by atoms with E-state index in [1.165, 1.54) is 18.0 Å². The molecule has 1 N–H and O–H groups in total. The molecule has 6 nitrogen and oxygen atoms in total. The van der Waals surface area contributed by atoms with Crippen molar-refractivity contribution in [2.75, 3.05) is 38.2 Å². The van der Waals surface area contributed by atoms with Gasteiger partial charge in [0.15, 0.2) is 5.75 Å². The van der Waals surface area contributed by atoms with Gasteiger partial charge in [0.2, 0.25) is 5.43 Å². The summed E-state index contributed by atoms with van der Waals surface area (Å²) in [6.45, 7) is 4.46. The van der Waals surface area contributed by atoms with E-state index in [0.717, 1.165) is 37.6 Å². The maximum atomic E-state index is 11.6. The number of methoxy groups -OCH3 is 1. The second-order valence-corrected chi connectivity index (χ2v) is 6.09. The maximum absolute atomic E-state index is 11.6. The Kier molecular flexibility index (Phi) is 4.76. The molecular formula is C18H23N3O3. The van der Waals surface area contributed by atoms with E-state index in [2.05, 4.69) is 21.9 Å². The van der Waals surface area contributed by atoms with Crippen molar-refractivity contribution >= 4 is 5.69 Å². The molecule has 0 spiro atoms. The number of ether oxygens (including phenoxy) is 1. The van der Waals surface area contributed by atoms with Gasteiger partial charge in [0, 0.05) is 63.4 Å². The van der Waals surface area contributed by atoms with Crippen molar-refractivity contribution in [3.63, 3.8) is 0 Å². The minimum atomic E-state index is -0.319. The summed E-state index contributed by atoms with van der Waals surface area (Å²) in [5.74, 6) is 0.663. The van der Waals surface area contributed by atoms with E-state index in [4.69, 9.17) is 4.74 Å². The van der Waals surface area contributed by atoms with Crippen LogP contribution in [-0.4, -0.2) is 47.9 Å². The number of pyridine rings is 1. The van der Waals surface area contributed by atoms with Crippen molar-refractivity contribution in [3.8, 4) is 11.5 Å². The summed E-state index contributed by atoms with van der Waals surface area (Å²) in [6.07, 6.45) is 1.48. The molecule has 0 saturated carbocycles. The van der Waals surface area contributed by atoms with Crippen molar-refractivity contribution in [3.05, 3.63) is 52.4 Å². The molecule has 1 aliphatic heterocycles. The topological polar surface area (TPSA) is 57.9 Å². The number of nitrogens with zero attached hydrogens (tertiary/aromatic N) is 3. The second kappa shape index (κ2) is 6.97. The number of hydrogen-bond donors (Lipinski definition) is 1. The first kappa shape index (κ1) is 16.4. The van der Waals surface area contributed by atoms with Crippen LogP contribution in [0.5, 0.6) is 11.5 Å². The minimum absolute atomic E-state index is 0.203. The van der Waals surface area contributed by atoms with Crippen molar-refractivity contribution in [1.29, 1.82) is 0 Å². The second-order valence-electron chi connectivity index (χ2n) is 6.09. The van der Waals surface area contributed by atoms with Crippen molar-refractivity contribution < 1.29 is 9.84 Å². The summed E-state index contributed by atoms with van der Waals surface area (Å²) in [5, 5.41) is 9.47. The molecule has 1 fully saturated rings. The van der Waals surface area contributed by atoms with Gasteiger partial charge in [0.25, 0.3) is 0 Å². The van der Waals surface area contributed by atoms with Crippen LogP contribution in [0.15, 0.2) is 41.3 Å². The van der Waals surface area contributed by atoms with Crippen molar-refractivity contribution in [2.45, 2.75) is 6.54 Å². The molecule has 0 amide bonds. The third-order valence-corrected chi connectivity index (χ3v) is 4.51. The Morgan fingerprint density at radius 3 is 2.42 bits per heavy atom. The normalized spacial score (nSPS) is 15.5. The van der Waals surface area contributed by atoms with Gasteiger partial charge in [-0.25, -0.2) is 0 Å². The first-order valence-corrected chi connectivity index (χ1v) is 8.06. The fourth-order valence-corrected chi connectivity index (χ4v) is 3.00. The number of aromatic hydroxyl groups is 1. The summed E-state index contributed by atoms with van der Waals surface area (Å²) in [6, 6.07) is 9.64. The van der Waals surface area contributed by atoms with Crippen LogP contribution in [0.3, 0.4) is 0 Å². The quantitative estimate of drug-likeness (QED) is 0.919. The lowest BCUT2D eigenvalue weighted by Gasteiger charge is -2.36. The van der Waals surface area contributed by atoms with Gasteiger partial charge in [-0.05, 0) is 24.3 Å². The third-order valence-electron chi connectivity index (χ3n) is 4.51. The highest BCUT2D eigenvalue weighted by atomic mass is 16.5. The molecule has 2 heterocycles. The zero-order chi connectivity index (χ0) is 17.1. The zero-order valence-corrected chi connectivity index (χ0v) is 14.1. The predicted octanol–water partition coefficient (Wildman–Crippen LogP) is 1.42. The van der Waals surface area contributed by atoms with Gasteiger partial charge < -0.3 is 19.3 Å². The Morgan fingerprint density at radius 1 is 1.12 bits per heavy atom. The molecule has 0 bridgehead atoms. The average molecular weight is 329 g/mol. The molecule has 0 unspecified atom stereocenters. The molecule has 2 aromatic rings. The number of rotatable bonds is 4. The van der Waals surface area contributed by atoms with E-state index in [9.17, 15) is 9.90 Å². The lowest BCUT2D eigenvalue weighted by Crippen LogP contribution is -2.46. The van der Waals surface area contributed by atoms with E-state index in [1.54, 1.807) is 7.11 Å². The predicted molar refractivity (Wildman–Crippen MR) is 93.8 cm³/mol. The van der Waals surface area contributed by atoms with E-state index in [-0.39, 0.29) is 11.2 Å². The van der Waals surface area contributed by atoms with Crippen LogP contribution >= 0.6 is 0 Å². The lowest BCUT2D eigenvalue weighted by molar-refractivity contribution is 0.244. The minimum Gasteiger partial charge on any atom is -0.503 e. The monoisotopic (exact) mass is 329 g/mol. The van der Waals surface area contributed by atoms with E-state index >= 15 is 0 Å². The van der Waals surface area contributed by atoms with Gasteiger partial charge in [0.1, 0.15) is 5.75 Å². The van der Waals surface area contributed by atoms with Gasteiger partial charge in [-0.15, -0.1) is 0 Å². The fourth-order valence-electron chi connectivity index (χ4n) is 3.00. The molecule has 1 aliphatic rings. The van der Waals surface area contributed by atoms with Crippen LogP contribution in [-0.2, 0) is 13.6 Å². The van der Waals surface area contributed by atoms with Gasteiger partial charge in [0.05, 0.1) is 7.11 Å². The van der Waals surface area contributed by atoms with Gasteiger partial charge >= 0.3 is 0 Å². The maximum Gasteiger partial charge on any atom is 0.223 e. The van der Waals surface area contributed by atoms with Crippen molar-refractivity contribution in [2.24, 2.45) is 7.05 Å². The molecule has 0 radical (unpaired) electrons. The van der Waals surface area contributed by atoms with Crippen LogP contribution in [0.25, 0.3) is 0 Å². The van der Waals surface area contributed by atoms with E-state index < -0.39 is 0 Å². The first-order chi connectivity index (χ1) is 11.6. The molecule has 128 valence electrons. The molecule has 1 aromatic heterocycles. The summed E-state index contributed by atoms with van der Waals surface area (Å²) < 4.78 is 7.01. The van der Waals surface area contributed by atoms with Crippen LogP contribution in [0.2, 0.25) is 0 Å². The third kappa shape index (κ3) is 3.54. The first-order valence-electron chi connectivity index (χ1n) is 8.06. The largest absolute Gasteiger partial charge is 0.503 e.